The number of piperidine rings is 1. The van der Waals surface area contributed by atoms with Crippen LogP contribution in [0.3, 0.4) is 0 Å². The first kappa shape index (κ1) is 19.5. The van der Waals surface area contributed by atoms with Gasteiger partial charge in [-0.15, -0.1) is 11.3 Å². The predicted octanol–water partition coefficient (Wildman–Crippen LogP) is 3.41. The Bertz CT molecular complexity index is 1020. The van der Waals surface area contributed by atoms with E-state index >= 15 is 0 Å². The molecule has 1 aliphatic rings. The molecule has 29 heavy (non-hydrogen) atoms. The van der Waals surface area contributed by atoms with Gasteiger partial charge >= 0.3 is 0 Å². The van der Waals surface area contributed by atoms with Gasteiger partial charge in [-0.25, -0.2) is 4.98 Å². The molecule has 0 saturated carbocycles. The van der Waals surface area contributed by atoms with Gasteiger partial charge in [0.15, 0.2) is 0 Å². The van der Waals surface area contributed by atoms with E-state index in [1.165, 1.54) is 30.6 Å². The normalized spacial score (nSPS) is 14.6. The highest BCUT2D eigenvalue weighted by Crippen LogP contribution is 2.21. The van der Waals surface area contributed by atoms with E-state index in [4.69, 9.17) is 0 Å². The number of pyridine rings is 1. The maximum Gasteiger partial charge on any atom is 0.261 e. The number of carbonyl (C=O) groups is 1. The fraction of sp³-hybridized carbons (Fsp3) is 0.318. The van der Waals surface area contributed by atoms with Crippen molar-refractivity contribution in [1.82, 2.24) is 20.2 Å². The summed E-state index contributed by atoms with van der Waals surface area (Å²) in [6.07, 6.45) is 3.68. The summed E-state index contributed by atoms with van der Waals surface area (Å²) in [6.45, 7) is 3.13. The smallest absolute Gasteiger partial charge is 0.261 e. The van der Waals surface area contributed by atoms with Gasteiger partial charge in [-0.3, -0.25) is 14.5 Å². The summed E-state index contributed by atoms with van der Waals surface area (Å²) in [5.74, 6) is -0.382. The van der Waals surface area contributed by atoms with Gasteiger partial charge in [0.25, 0.3) is 11.5 Å². The number of thiazole rings is 1. The minimum absolute atomic E-state index is 0.132. The lowest BCUT2D eigenvalue weighted by Gasteiger charge is -2.26. The van der Waals surface area contributed by atoms with Crippen molar-refractivity contribution < 1.29 is 4.79 Å². The van der Waals surface area contributed by atoms with Crippen LogP contribution in [0.1, 0.15) is 40.3 Å². The SMILES string of the molecule is O=C(NCc1nc(-c2ccccc2)cs1)c1ccc(CN2CCCCC2)[nH]c1=O. The molecule has 6 nitrogen and oxygen atoms in total. The number of benzene rings is 1. The fourth-order valence-electron chi connectivity index (χ4n) is 3.53. The topological polar surface area (TPSA) is 78.1 Å². The van der Waals surface area contributed by atoms with Crippen molar-refractivity contribution in [2.24, 2.45) is 0 Å². The van der Waals surface area contributed by atoms with Gasteiger partial charge in [0.05, 0.1) is 12.2 Å². The Morgan fingerprint density at radius 2 is 1.90 bits per heavy atom. The number of hydrogen-bond donors (Lipinski definition) is 2. The number of hydrogen-bond acceptors (Lipinski definition) is 5. The van der Waals surface area contributed by atoms with Gasteiger partial charge < -0.3 is 10.3 Å². The number of nitrogens with one attached hydrogen (secondary N) is 2. The predicted molar refractivity (Wildman–Crippen MR) is 115 cm³/mol. The van der Waals surface area contributed by atoms with Crippen molar-refractivity contribution in [3.05, 3.63) is 74.5 Å². The van der Waals surface area contributed by atoms with Crippen LogP contribution in [0.25, 0.3) is 11.3 Å². The molecule has 0 spiro atoms. The van der Waals surface area contributed by atoms with Gasteiger partial charge in [-0.1, -0.05) is 36.8 Å². The zero-order valence-corrected chi connectivity index (χ0v) is 17.0. The van der Waals surface area contributed by atoms with E-state index in [2.05, 4.69) is 20.2 Å². The Balaban J connectivity index is 1.36. The van der Waals surface area contributed by atoms with E-state index in [0.717, 1.165) is 41.6 Å². The first-order valence-electron chi connectivity index (χ1n) is 9.91. The summed E-state index contributed by atoms with van der Waals surface area (Å²) in [5.41, 5.74) is 2.57. The number of nitrogens with zero attached hydrogens (tertiary/aromatic N) is 2. The summed E-state index contributed by atoms with van der Waals surface area (Å²) in [6, 6.07) is 13.4. The molecule has 7 heteroatoms. The summed E-state index contributed by atoms with van der Waals surface area (Å²) < 4.78 is 0. The van der Waals surface area contributed by atoms with Gasteiger partial charge in [0, 0.05) is 23.2 Å². The molecule has 2 aromatic heterocycles. The molecule has 0 radical (unpaired) electrons. The maximum atomic E-state index is 12.5. The number of carbonyl (C=O) groups excluding carboxylic acids is 1. The van der Waals surface area contributed by atoms with E-state index in [-0.39, 0.29) is 17.0 Å². The lowest BCUT2D eigenvalue weighted by atomic mass is 10.1. The minimum Gasteiger partial charge on any atom is -0.345 e. The number of amides is 1. The van der Waals surface area contributed by atoms with Crippen LogP contribution in [0.15, 0.2) is 52.6 Å². The molecule has 1 amide bonds. The standard InChI is InChI=1S/C22H24N4O2S/c27-21(23-13-20-25-19(15-29-20)16-7-3-1-4-8-16)18-10-9-17(24-22(18)28)14-26-11-5-2-6-12-26/h1,3-4,7-10,15H,2,5-6,11-14H2,(H,23,27)(H,24,28). The molecular formula is C22H24N4O2S. The summed E-state index contributed by atoms with van der Waals surface area (Å²) >= 11 is 1.49. The summed E-state index contributed by atoms with van der Waals surface area (Å²) in [5, 5.41) is 5.57. The van der Waals surface area contributed by atoms with Gasteiger partial charge in [0.2, 0.25) is 0 Å². The van der Waals surface area contributed by atoms with Crippen LogP contribution in [-0.4, -0.2) is 33.9 Å². The largest absolute Gasteiger partial charge is 0.345 e. The van der Waals surface area contributed by atoms with Crippen molar-refractivity contribution in [3.8, 4) is 11.3 Å². The van der Waals surface area contributed by atoms with E-state index < -0.39 is 0 Å². The van der Waals surface area contributed by atoms with E-state index in [9.17, 15) is 9.59 Å². The average Bonchev–Trinajstić information content (AvgIpc) is 3.23. The van der Waals surface area contributed by atoms with Gasteiger partial charge in [0.1, 0.15) is 10.6 Å². The first-order valence-corrected chi connectivity index (χ1v) is 10.8. The molecule has 0 aliphatic carbocycles. The molecule has 150 valence electrons. The second-order valence-electron chi connectivity index (χ2n) is 7.24. The third kappa shape index (κ3) is 4.99. The van der Waals surface area contributed by atoms with Crippen molar-refractivity contribution in [1.29, 1.82) is 0 Å². The van der Waals surface area contributed by atoms with Crippen molar-refractivity contribution in [3.63, 3.8) is 0 Å². The molecule has 1 saturated heterocycles. The van der Waals surface area contributed by atoms with Crippen molar-refractivity contribution in [2.75, 3.05) is 13.1 Å². The number of H-pyrrole nitrogens is 1. The molecule has 2 N–H and O–H groups in total. The number of aromatic amines is 1. The molecule has 4 rings (SSSR count). The number of likely N-dealkylation sites (tertiary alicyclic amines) is 1. The van der Waals surface area contributed by atoms with Crippen LogP contribution < -0.4 is 10.9 Å². The van der Waals surface area contributed by atoms with Crippen molar-refractivity contribution in [2.45, 2.75) is 32.4 Å². The lowest BCUT2D eigenvalue weighted by Crippen LogP contribution is -2.32. The molecule has 0 unspecified atom stereocenters. The van der Waals surface area contributed by atoms with E-state index in [1.54, 1.807) is 6.07 Å². The number of aromatic nitrogens is 2. The first-order chi connectivity index (χ1) is 14.2. The van der Waals surface area contributed by atoms with Crippen LogP contribution in [-0.2, 0) is 13.1 Å². The Morgan fingerprint density at radius 1 is 1.10 bits per heavy atom. The third-order valence-corrected chi connectivity index (χ3v) is 5.93. The molecule has 1 aliphatic heterocycles. The fourth-order valence-corrected chi connectivity index (χ4v) is 4.27. The maximum absolute atomic E-state index is 12.5. The molecular weight excluding hydrogens is 384 g/mol. The molecule has 0 atom stereocenters. The molecule has 3 aromatic rings. The van der Waals surface area contributed by atoms with Crippen LogP contribution in [0.5, 0.6) is 0 Å². The van der Waals surface area contributed by atoms with Crippen LogP contribution in [0, 0.1) is 0 Å². The highest BCUT2D eigenvalue weighted by Gasteiger charge is 2.14. The summed E-state index contributed by atoms with van der Waals surface area (Å²) in [4.78, 5) is 34.6. The van der Waals surface area contributed by atoms with Crippen LogP contribution in [0.4, 0.5) is 0 Å². The molecule has 1 aromatic carbocycles. The van der Waals surface area contributed by atoms with E-state index in [0.29, 0.717) is 6.54 Å². The average molecular weight is 409 g/mol. The summed E-state index contributed by atoms with van der Waals surface area (Å²) in [7, 11) is 0. The third-order valence-electron chi connectivity index (χ3n) is 5.08. The Labute approximate surface area is 173 Å². The minimum atomic E-state index is -0.382. The second kappa shape index (κ2) is 9.15. The molecule has 0 bridgehead atoms. The second-order valence-corrected chi connectivity index (χ2v) is 8.18. The zero-order chi connectivity index (χ0) is 20.1. The van der Waals surface area contributed by atoms with Crippen molar-refractivity contribution >= 4 is 17.2 Å². The van der Waals surface area contributed by atoms with Crippen LogP contribution in [0.2, 0.25) is 0 Å². The van der Waals surface area contributed by atoms with E-state index in [1.807, 2.05) is 41.8 Å². The zero-order valence-electron chi connectivity index (χ0n) is 16.2. The molecule has 3 heterocycles. The lowest BCUT2D eigenvalue weighted by molar-refractivity contribution is 0.0949. The Morgan fingerprint density at radius 3 is 2.66 bits per heavy atom. The quantitative estimate of drug-likeness (QED) is 0.655. The molecule has 1 fully saturated rings. The monoisotopic (exact) mass is 408 g/mol. The Kier molecular flexibility index (Phi) is 6.17. The van der Waals surface area contributed by atoms with Crippen LogP contribution >= 0.6 is 11.3 Å². The van der Waals surface area contributed by atoms with Gasteiger partial charge in [-0.2, -0.15) is 0 Å². The highest BCUT2D eigenvalue weighted by atomic mass is 32.1. The number of rotatable bonds is 6. The Hall–Kier alpha value is -2.77. The van der Waals surface area contributed by atoms with Gasteiger partial charge in [-0.05, 0) is 38.1 Å². The highest BCUT2D eigenvalue weighted by molar-refractivity contribution is 7.09.